The van der Waals surface area contributed by atoms with E-state index >= 15 is 0 Å². The summed E-state index contributed by atoms with van der Waals surface area (Å²) in [5.74, 6) is -2.55. The predicted octanol–water partition coefficient (Wildman–Crippen LogP) is 3.13. The van der Waals surface area contributed by atoms with Crippen LogP contribution in [0.15, 0.2) is 53.4 Å². The van der Waals surface area contributed by atoms with Crippen LogP contribution in [0.4, 0.5) is 14.9 Å². The number of carbonyl (C=O) groups excluding carboxylic acids is 3. The van der Waals surface area contributed by atoms with Crippen molar-refractivity contribution in [1.82, 2.24) is 4.90 Å². The molecule has 0 unspecified atom stereocenters. The summed E-state index contributed by atoms with van der Waals surface area (Å²) in [6, 6.07) is 11.6. The minimum absolute atomic E-state index is 0.134. The number of hydrogen-bond donors (Lipinski definition) is 2. The Labute approximate surface area is 169 Å². The molecule has 2 N–H and O–H groups in total. The van der Waals surface area contributed by atoms with Gasteiger partial charge in [0.05, 0.1) is 11.3 Å². The number of imide groups is 1. The van der Waals surface area contributed by atoms with Crippen LogP contribution < -0.4 is 5.32 Å². The molecule has 0 radical (unpaired) electrons. The molecule has 3 amide bonds. The van der Waals surface area contributed by atoms with Crippen molar-refractivity contribution in [3.05, 3.63) is 70.4 Å². The molecule has 0 saturated carbocycles. The van der Waals surface area contributed by atoms with Gasteiger partial charge in [-0.3, -0.25) is 24.1 Å². The van der Waals surface area contributed by atoms with E-state index in [9.17, 15) is 23.6 Å². The number of nitrogens with one attached hydrogen (secondary N) is 1. The number of carboxylic acids is 1. The molecule has 1 heterocycles. The average molecular weight is 414 g/mol. The van der Waals surface area contributed by atoms with Gasteiger partial charge in [0, 0.05) is 5.69 Å². The Morgan fingerprint density at radius 2 is 1.72 bits per heavy atom. The van der Waals surface area contributed by atoms with Crippen molar-refractivity contribution in [2.24, 2.45) is 0 Å². The highest BCUT2D eigenvalue weighted by atomic mass is 32.2. The van der Waals surface area contributed by atoms with E-state index in [1.165, 1.54) is 30.3 Å². The van der Waals surface area contributed by atoms with E-state index in [4.69, 9.17) is 5.11 Å². The van der Waals surface area contributed by atoms with Crippen molar-refractivity contribution in [3.8, 4) is 0 Å². The van der Waals surface area contributed by atoms with Crippen molar-refractivity contribution in [2.45, 2.75) is 6.42 Å². The fraction of sp³-hybridized carbons (Fsp3) is 0.100. The first-order chi connectivity index (χ1) is 13.8. The zero-order valence-electron chi connectivity index (χ0n) is 14.9. The zero-order chi connectivity index (χ0) is 21.0. The average Bonchev–Trinajstić information content (AvgIpc) is 2.92. The van der Waals surface area contributed by atoms with Crippen LogP contribution in [0.5, 0.6) is 0 Å². The van der Waals surface area contributed by atoms with Gasteiger partial charge in [0.2, 0.25) is 5.91 Å². The molecule has 0 spiro atoms. The molecular weight excluding hydrogens is 399 g/mol. The third kappa shape index (κ3) is 5.29. The second-order valence-electron chi connectivity index (χ2n) is 6.14. The fourth-order valence-electron chi connectivity index (χ4n) is 2.57. The summed E-state index contributed by atoms with van der Waals surface area (Å²) in [4.78, 5) is 48.4. The van der Waals surface area contributed by atoms with Crippen molar-refractivity contribution in [2.75, 3.05) is 11.9 Å². The van der Waals surface area contributed by atoms with Gasteiger partial charge in [-0.2, -0.15) is 0 Å². The molecule has 3 rings (SSSR count). The summed E-state index contributed by atoms with van der Waals surface area (Å²) in [6.45, 7) is -0.456. The first kappa shape index (κ1) is 20.3. The Morgan fingerprint density at radius 1 is 1.07 bits per heavy atom. The van der Waals surface area contributed by atoms with E-state index in [0.717, 1.165) is 4.90 Å². The summed E-state index contributed by atoms with van der Waals surface area (Å²) in [5.41, 5.74) is 1.55. The molecule has 1 aliphatic heterocycles. The molecule has 2 aromatic carbocycles. The number of rotatable bonds is 6. The van der Waals surface area contributed by atoms with Gasteiger partial charge in [0.15, 0.2) is 0 Å². The molecule has 1 saturated heterocycles. The van der Waals surface area contributed by atoms with Crippen LogP contribution in [-0.2, 0) is 20.8 Å². The molecule has 0 aromatic heterocycles. The van der Waals surface area contributed by atoms with Crippen LogP contribution in [0, 0.1) is 5.82 Å². The third-order valence-electron chi connectivity index (χ3n) is 3.94. The molecule has 0 aliphatic carbocycles. The lowest BCUT2D eigenvalue weighted by atomic mass is 10.1. The number of carbonyl (C=O) groups is 4. The highest BCUT2D eigenvalue weighted by Crippen LogP contribution is 2.32. The second-order valence-corrected chi connectivity index (χ2v) is 7.13. The zero-order valence-corrected chi connectivity index (χ0v) is 15.7. The number of amides is 3. The molecule has 0 atom stereocenters. The standard InChI is InChI=1S/C20H15FN2O5S/c21-14-5-1-12(2-6-14)9-16-19(27)23(20(28)29-16)11-17(24)22-15-7-3-13(4-8-15)10-18(25)26/h1-9H,10-11H2,(H,22,24)(H,25,26)/b16-9-. The SMILES string of the molecule is O=C(O)Cc1ccc(NC(=O)CN2C(=O)S/C(=C\c3ccc(F)cc3)C2=O)cc1. The normalized spacial score (nSPS) is 15.1. The highest BCUT2D eigenvalue weighted by Gasteiger charge is 2.36. The molecule has 1 fully saturated rings. The summed E-state index contributed by atoms with van der Waals surface area (Å²) in [5, 5.41) is 10.7. The molecule has 2 aromatic rings. The smallest absolute Gasteiger partial charge is 0.307 e. The van der Waals surface area contributed by atoms with Crippen LogP contribution in [0.1, 0.15) is 11.1 Å². The van der Waals surface area contributed by atoms with E-state index < -0.39 is 35.4 Å². The fourth-order valence-corrected chi connectivity index (χ4v) is 3.41. The van der Waals surface area contributed by atoms with E-state index in [0.29, 0.717) is 28.6 Å². The van der Waals surface area contributed by atoms with Gasteiger partial charge in [0.25, 0.3) is 11.1 Å². The molecule has 1 aliphatic rings. The topological polar surface area (TPSA) is 104 Å². The van der Waals surface area contributed by atoms with Gasteiger partial charge in [-0.1, -0.05) is 24.3 Å². The maximum Gasteiger partial charge on any atom is 0.307 e. The van der Waals surface area contributed by atoms with Gasteiger partial charge in [-0.25, -0.2) is 4.39 Å². The van der Waals surface area contributed by atoms with Gasteiger partial charge in [0.1, 0.15) is 12.4 Å². The first-order valence-corrected chi connectivity index (χ1v) is 9.25. The maximum absolute atomic E-state index is 13.0. The van der Waals surface area contributed by atoms with E-state index in [-0.39, 0.29) is 11.3 Å². The van der Waals surface area contributed by atoms with Crippen LogP contribution in [-0.4, -0.2) is 39.6 Å². The van der Waals surface area contributed by atoms with Crippen LogP contribution in [0.3, 0.4) is 0 Å². The second kappa shape index (κ2) is 8.70. The number of carboxylic acid groups (broad SMARTS) is 1. The number of halogens is 1. The quantitative estimate of drug-likeness (QED) is 0.704. The van der Waals surface area contributed by atoms with Crippen LogP contribution in [0.25, 0.3) is 6.08 Å². The number of anilines is 1. The molecule has 9 heteroatoms. The van der Waals surface area contributed by atoms with Gasteiger partial charge >= 0.3 is 5.97 Å². The highest BCUT2D eigenvalue weighted by molar-refractivity contribution is 8.18. The Morgan fingerprint density at radius 3 is 2.34 bits per heavy atom. The molecular formula is C20H15FN2O5S. The lowest BCUT2D eigenvalue weighted by Gasteiger charge is -2.12. The predicted molar refractivity (Wildman–Crippen MR) is 105 cm³/mol. The summed E-state index contributed by atoms with van der Waals surface area (Å²) in [7, 11) is 0. The lowest BCUT2D eigenvalue weighted by molar-refractivity contribution is -0.136. The third-order valence-corrected chi connectivity index (χ3v) is 4.84. The van der Waals surface area contributed by atoms with Gasteiger partial charge in [-0.15, -0.1) is 0 Å². The summed E-state index contributed by atoms with van der Waals surface area (Å²) < 4.78 is 13.0. The molecule has 29 heavy (non-hydrogen) atoms. The number of thioether (sulfide) groups is 1. The first-order valence-electron chi connectivity index (χ1n) is 8.43. The largest absolute Gasteiger partial charge is 0.481 e. The lowest BCUT2D eigenvalue weighted by Crippen LogP contribution is -2.36. The van der Waals surface area contributed by atoms with E-state index in [1.54, 1.807) is 24.3 Å². The van der Waals surface area contributed by atoms with Gasteiger partial charge < -0.3 is 10.4 Å². The Balaban J connectivity index is 1.62. The van der Waals surface area contributed by atoms with Crippen molar-refractivity contribution in [3.63, 3.8) is 0 Å². The number of hydrogen-bond acceptors (Lipinski definition) is 5. The number of benzene rings is 2. The minimum Gasteiger partial charge on any atom is -0.481 e. The maximum atomic E-state index is 13.0. The number of nitrogens with zero attached hydrogens (tertiary/aromatic N) is 1. The van der Waals surface area contributed by atoms with Gasteiger partial charge in [-0.05, 0) is 53.2 Å². The molecule has 0 bridgehead atoms. The van der Waals surface area contributed by atoms with Crippen molar-refractivity contribution in [1.29, 1.82) is 0 Å². The molecule has 148 valence electrons. The van der Waals surface area contributed by atoms with E-state index in [1.807, 2.05) is 0 Å². The Bertz CT molecular complexity index is 1000. The Hall–Kier alpha value is -3.46. The van der Waals surface area contributed by atoms with Crippen molar-refractivity contribution >= 4 is 46.5 Å². The van der Waals surface area contributed by atoms with Crippen molar-refractivity contribution < 1.29 is 28.7 Å². The van der Waals surface area contributed by atoms with E-state index in [2.05, 4.69) is 5.32 Å². The monoisotopic (exact) mass is 414 g/mol. The molecule has 7 nitrogen and oxygen atoms in total. The van der Waals surface area contributed by atoms with Crippen LogP contribution >= 0.6 is 11.8 Å². The van der Waals surface area contributed by atoms with Crippen LogP contribution in [0.2, 0.25) is 0 Å². The Kier molecular flexibility index (Phi) is 6.08. The summed E-state index contributed by atoms with van der Waals surface area (Å²) >= 11 is 0.706. The summed E-state index contributed by atoms with van der Waals surface area (Å²) in [6.07, 6.45) is 1.33. The minimum atomic E-state index is -0.963. The number of aliphatic carboxylic acids is 1.